The van der Waals surface area contributed by atoms with E-state index in [4.69, 9.17) is 0 Å². The van der Waals surface area contributed by atoms with E-state index < -0.39 is 33.5 Å². The molecule has 32 heavy (non-hydrogen) atoms. The molecule has 1 aliphatic rings. The lowest BCUT2D eigenvalue weighted by molar-refractivity contribution is -0.120. The second-order valence-electron chi connectivity index (χ2n) is 7.45. The number of piperidine rings is 1. The summed E-state index contributed by atoms with van der Waals surface area (Å²) in [5.41, 5.74) is 0.411. The van der Waals surface area contributed by atoms with E-state index >= 15 is 0 Å². The predicted octanol–water partition coefficient (Wildman–Crippen LogP) is 2.29. The minimum absolute atomic E-state index is 0.0458. The third-order valence-electron chi connectivity index (χ3n) is 5.28. The number of halogens is 2. The summed E-state index contributed by atoms with van der Waals surface area (Å²) in [5, 5.41) is 13.7. The molecule has 0 saturated carbocycles. The fourth-order valence-corrected chi connectivity index (χ4v) is 5.10. The maximum atomic E-state index is 14.3. The lowest BCUT2D eigenvalue weighted by atomic mass is 9.98. The number of aryl methyl sites for hydroxylation is 1. The number of hydrogen-bond donors (Lipinski definition) is 1. The third-order valence-corrected chi connectivity index (χ3v) is 7.16. The van der Waals surface area contributed by atoms with E-state index in [1.807, 2.05) is 0 Å². The Labute approximate surface area is 183 Å². The first-order chi connectivity index (χ1) is 15.3. The van der Waals surface area contributed by atoms with Crippen molar-refractivity contribution in [2.75, 3.05) is 18.4 Å². The number of aromatic nitrogens is 4. The molecule has 1 amide bonds. The second kappa shape index (κ2) is 8.71. The molecule has 2 aromatic carbocycles. The monoisotopic (exact) mass is 462 g/mol. The van der Waals surface area contributed by atoms with Crippen LogP contribution in [0, 0.1) is 24.5 Å². The van der Waals surface area contributed by atoms with Crippen molar-refractivity contribution in [2.24, 2.45) is 5.92 Å². The molecule has 4 rings (SSSR count). The topological polar surface area (TPSA) is 110 Å². The highest BCUT2D eigenvalue weighted by Gasteiger charge is 2.33. The molecule has 2 heterocycles. The number of carbonyl (C=O) groups is 1. The average molecular weight is 462 g/mol. The highest BCUT2D eigenvalue weighted by atomic mass is 32.2. The van der Waals surface area contributed by atoms with Crippen molar-refractivity contribution >= 4 is 21.6 Å². The van der Waals surface area contributed by atoms with Gasteiger partial charge in [-0.05, 0) is 72.7 Å². The van der Waals surface area contributed by atoms with Gasteiger partial charge in [-0.3, -0.25) is 4.79 Å². The van der Waals surface area contributed by atoms with E-state index in [9.17, 15) is 22.0 Å². The predicted molar refractivity (Wildman–Crippen MR) is 110 cm³/mol. The fraction of sp³-hybridized carbons (Fsp3) is 0.300. The van der Waals surface area contributed by atoms with Gasteiger partial charge in [0, 0.05) is 13.1 Å². The van der Waals surface area contributed by atoms with Gasteiger partial charge in [-0.15, -0.1) is 5.10 Å². The maximum Gasteiger partial charge on any atom is 0.243 e. The standard InChI is InChI=1S/C20H20F2N6O3S/c1-13-24-25-26-28(13)16-6-9-18(22)19(11-16)23-20(29)14-3-2-10-27(12-14)32(30,31)17-7-4-15(21)5-8-17/h4-9,11,14H,2-3,10,12H2,1H3,(H,23,29). The van der Waals surface area contributed by atoms with Gasteiger partial charge in [-0.1, -0.05) is 0 Å². The van der Waals surface area contributed by atoms with Gasteiger partial charge in [0.15, 0.2) is 5.82 Å². The molecule has 1 atom stereocenters. The Kier molecular flexibility index (Phi) is 5.98. The normalized spacial score (nSPS) is 17.3. The van der Waals surface area contributed by atoms with E-state index in [0.717, 1.165) is 12.1 Å². The number of rotatable bonds is 5. The molecule has 0 bridgehead atoms. The highest BCUT2D eigenvalue weighted by Crippen LogP contribution is 2.26. The van der Waals surface area contributed by atoms with Gasteiger partial charge in [-0.25, -0.2) is 17.2 Å². The number of tetrazole rings is 1. The zero-order valence-corrected chi connectivity index (χ0v) is 17.9. The van der Waals surface area contributed by atoms with Gasteiger partial charge in [0.1, 0.15) is 11.6 Å². The Morgan fingerprint density at radius 1 is 1.16 bits per heavy atom. The summed E-state index contributed by atoms with van der Waals surface area (Å²) < 4.78 is 55.9. The first kappa shape index (κ1) is 22.0. The second-order valence-corrected chi connectivity index (χ2v) is 9.39. The van der Waals surface area contributed by atoms with Crippen LogP contribution in [0.1, 0.15) is 18.7 Å². The molecule has 1 fully saturated rings. The van der Waals surface area contributed by atoms with Crippen LogP contribution in [0.4, 0.5) is 14.5 Å². The van der Waals surface area contributed by atoms with Crippen LogP contribution in [0.25, 0.3) is 5.69 Å². The molecule has 0 aliphatic carbocycles. The van der Waals surface area contributed by atoms with Crippen LogP contribution in [-0.2, 0) is 14.8 Å². The third kappa shape index (κ3) is 4.36. The van der Waals surface area contributed by atoms with Crippen molar-refractivity contribution in [1.82, 2.24) is 24.5 Å². The van der Waals surface area contributed by atoms with Crippen LogP contribution >= 0.6 is 0 Å². The van der Waals surface area contributed by atoms with Crippen LogP contribution in [0.5, 0.6) is 0 Å². The summed E-state index contributed by atoms with van der Waals surface area (Å²) in [5.74, 6) is -1.85. The van der Waals surface area contributed by atoms with Gasteiger partial charge in [0.05, 0.1) is 22.2 Å². The Bertz CT molecular complexity index is 1250. The first-order valence-corrected chi connectivity index (χ1v) is 11.3. The van der Waals surface area contributed by atoms with Crippen LogP contribution in [0.2, 0.25) is 0 Å². The number of nitrogens with one attached hydrogen (secondary N) is 1. The fourth-order valence-electron chi connectivity index (χ4n) is 3.58. The molecular formula is C20H20F2N6O3S. The van der Waals surface area contributed by atoms with Gasteiger partial charge >= 0.3 is 0 Å². The molecule has 1 aliphatic heterocycles. The zero-order chi connectivity index (χ0) is 22.9. The first-order valence-electron chi connectivity index (χ1n) is 9.87. The van der Waals surface area contributed by atoms with Gasteiger partial charge in [0.25, 0.3) is 0 Å². The van der Waals surface area contributed by atoms with E-state index in [-0.39, 0.29) is 23.7 Å². The molecule has 3 aromatic rings. The molecule has 168 valence electrons. The smallest absolute Gasteiger partial charge is 0.243 e. The van der Waals surface area contributed by atoms with Gasteiger partial charge < -0.3 is 5.32 Å². The van der Waals surface area contributed by atoms with Crippen LogP contribution < -0.4 is 5.32 Å². The minimum Gasteiger partial charge on any atom is -0.323 e. The van der Waals surface area contributed by atoms with Crippen LogP contribution in [0.15, 0.2) is 47.4 Å². The summed E-state index contributed by atoms with van der Waals surface area (Å²) in [7, 11) is -3.88. The summed E-state index contributed by atoms with van der Waals surface area (Å²) in [4.78, 5) is 12.8. The van der Waals surface area contributed by atoms with E-state index in [1.165, 1.54) is 39.3 Å². The number of amides is 1. The minimum atomic E-state index is -3.88. The number of sulfonamides is 1. The Morgan fingerprint density at radius 2 is 1.91 bits per heavy atom. The SMILES string of the molecule is Cc1nnnn1-c1ccc(F)c(NC(=O)C2CCCN(S(=O)(=O)c3ccc(F)cc3)C2)c1. The Balaban J connectivity index is 1.50. The Morgan fingerprint density at radius 3 is 2.59 bits per heavy atom. The summed E-state index contributed by atoms with van der Waals surface area (Å²) in [6.45, 7) is 1.87. The molecule has 0 spiro atoms. The Hall–Kier alpha value is -3.25. The van der Waals surface area contributed by atoms with E-state index in [0.29, 0.717) is 24.4 Å². The number of carbonyl (C=O) groups excluding carboxylic acids is 1. The molecule has 1 unspecified atom stereocenters. The lowest BCUT2D eigenvalue weighted by Crippen LogP contribution is -2.43. The lowest BCUT2D eigenvalue weighted by Gasteiger charge is -2.31. The van der Waals surface area contributed by atoms with Crippen LogP contribution in [-0.4, -0.2) is 51.9 Å². The van der Waals surface area contributed by atoms with Crippen molar-refractivity contribution in [3.63, 3.8) is 0 Å². The van der Waals surface area contributed by atoms with Crippen LogP contribution in [0.3, 0.4) is 0 Å². The molecule has 1 saturated heterocycles. The average Bonchev–Trinajstić information content (AvgIpc) is 3.21. The van der Waals surface area contributed by atoms with Crippen molar-refractivity contribution in [3.8, 4) is 5.69 Å². The van der Waals surface area contributed by atoms with E-state index in [1.54, 1.807) is 6.92 Å². The molecule has 0 radical (unpaired) electrons. The van der Waals surface area contributed by atoms with Crippen molar-refractivity contribution < 1.29 is 22.0 Å². The quantitative estimate of drug-likeness (QED) is 0.623. The maximum absolute atomic E-state index is 14.3. The molecule has 1 aromatic heterocycles. The summed E-state index contributed by atoms with van der Waals surface area (Å²) in [6.07, 6.45) is 0.916. The summed E-state index contributed by atoms with van der Waals surface area (Å²) in [6, 6.07) is 8.61. The summed E-state index contributed by atoms with van der Waals surface area (Å²) >= 11 is 0. The highest BCUT2D eigenvalue weighted by molar-refractivity contribution is 7.89. The molecular weight excluding hydrogens is 442 g/mol. The van der Waals surface area contributed by atoms with E-state index in [2.05, 4.69) is 20.8 Å². The zero-order valence-electron chi connectivity index (χ0n) is 17.1. The molecule has 12 heteroatoms. The van der Waals surface area contributed by atoms with Gasteiger partial charge in [0.2, 0.25) is 15.9 Å². The van der Waals surface area contributed by atoms with Crippen molar-refractivity contribution in [3.05, 3.63) is 59.9 Å². The number of benzene rings is 2. The molecule has 9 nitrogen and oxygen atoms in total. The van der Waals surface area contributed by atoms with Gasteiger partial charge in [-0.2, -0.15) is 8.99 Å². The van der Waals surface area contributed by atoms with Crippen molar-refractivity contribution in [2.45, 2.75) is 24.7 Å². The number of hydrogen-bond acceptors (Lipinski definition) is 6. The molecule has 1 N–H and O–H groups in total. The largest absolute Gasteiger partial charge is 0.323 e. The van der Waals surface area contributed by atoms with Crippen molar-refractivity contribution in [1.29, 1.82) is 0 Å². The number of anilines is 1. The number of nitrogens with zero attached hydrogens (tertiary/aromatic N) is 5.